The Morgan fingerprint density at radius 1 is 1.29 bits per heavy atom. The van der Waals surface area contributed by atoms with Gasteiger partial charge < -0.3 is 10.6 Å². The molecule has 2 aromatic rings. The molecule has 21 heavy (non-hydrogen) atoms. The Balaban J connectivity index is 1.72. The van der Waals surface area contributed by atoms with E-state index in [9.17, 15) is 9.18 Å². The zero-order valence-electron chi connectivity index (χ0n) is 11.2. The maximum absolute atomic E-state index is 13.1. The average Bonchev–Trinajstić information content (AvgIpc) is 2.49. The van der Waals surface area contributed by atoms with Crippen molar-refractivity contribution in [2.45, 2.75) is 6.42 Å². The third kappa shape index (κ3) is 3.08. The van der Waals surface area contributed by atoms with Crippen molar-refractivity contribution >= 4 is 33.2 Å². The fraction of sp³-hybridized carbons (Fsp3) is 0.188. The second-order valence-corrected chi connectivity index (χ2v) is 5.91. The number of carbonyl (C=O) groups excluding carboxylic acids is 1. The maximum Gasteiger partial charge on any atom is 0.229 e. The van der Waals surface area contributed by atoms with Gasteiger partial charge in [-0.15, -0.1) is 0 Å². The summed E-state index contributed by atoms with van der Waals surface area (Å²) < 4.78 is 13.6. The number of hydrogen-bond acceptors (Lipinski definition) is 2. The van der Waals surface area contributed by atoms with Crippen molar-refractivity contribution in [3.05, 3.63) is 58.3 Å². The highest BCUT2D eigenvalue weighted by molar-refractivity contribution is 9.10. The van der Waals surface area contributed by atoms with Gasteiger partial charge in [-0.25, -0.2) is 4.39 Å². The van der Waals surface area contributed by atoms with Gasteiger partial charge in [-0.3, -0.25) is 4.79 Å². The highest BCUT2D eigenvalue weighted by atomic mass is 79.9. The van der Waals surface area contributed by atoms with Crippen molar-refractivity contribution in [2.75, 3.05) is 17.2 Å². The number of nitrogens with one attached hydrogen (secondary N) is 2. The molecular formula is C16H14BrFN2O. The Kier molecular flexibility index (Phi) is 3.92. The average molecular weight is 349 g/mol. The van der Waals surface area contributed by atoms with Gasteiger partial charge in [-0.2, -0.15) is 0 Å². The molecule has 108 valence electrons. The van der Waals surface area contributed by atoms with Crippen molar-refractivity contribution in [3.63, 3.8) is 0 Å². The first-order valence-corrected chi connectivity index (χ1v) is 7.50. The third-order valence-corrected chi connectivity index (χ3v) is 4.24. The summed E-state index contributed by atoms with van der Waals surface area (Å²) in [5.41, 5.74) is 2.81. The van der Waals surface area contributed by atoms with E-state index < -0.39 is 0 Å². The summed E-state index contributed by atoms with van der Waals surface area (Å²) in [5.74, 6) is -0.547. The minimum atomic E-state index is -0.340. The van der Waals surface area contributed by atoms with Crippen LogP contribution in [0.5, 0.6) is 0 Å². The summed E-state index contributed by atoms with van der Waals surface area (Å²) in [5, 5.41) is 6.12. The normalized spacial score (nSPS) is 16.8. The second kappa shape index (κ2) is 5.85. The summed E-state index contributed by atoms with van der Waals surface area (Å²) in [6, 6.07) is 12.2. The van der Waals surface area contributed by atoms with Crippen LogP contribution in [0.1, 0.15) is 5.56 Å². The Labute approximate surface area is 130 Å². The van der Waals surface area contributed by atoms with Crippen LogP contribution in [0, 0.1) is 11.7 Å². The van der Waals surface area contributed by atoms with Gasteiger partial charge in [0.1, 0.15) is 5.82 Å². The largest absolute Gasteiger partial charge is 0.384 e. The second-order valence-electron chi connectivity index (χ2n) is 5.05. The van der Waals surface area contributed by atoms with E-state index in [1.165, 1.54) is 12.1 Å². The number of fused-ring (bicyclic) bond motifs is 1. The van der Waals surface area contributed by atoms with Crippen molar-refractivity contribution < 1.29 is 9.18 Å². The van der Waals surface area contributed by atoms with Gasteiger partial charge in [0.25, 0.3) is 0 Å². The number of halogens is 2. The predicted molar refractivity (Wildman–Crippen MR) is 84.9 cm³/mol. The monoisotopic (exact) mass is 348 g/mol. The lowest BCUT2D eigenvalue weighted by Gasteiger charge is -2.25. The van der Waals surface area contributed by atoms with Crippen LogP contribution in [0.3, 0.4) is 0 Å². The van der Waals surface area contributed by atoms with Crippen LogP contribution in [-0.4, -0.2) is 12.5 Å². The number of carbonyl (C=O) groups is 1. The lowest BCUT2D eigenvalue weighted by atomic mass is 9.93. The molecule has 5 heteroatoms. The zero-order valence-corrected chi connectivity index (χ0v) is 12.8. The van der Waals surface area contributed by atoms with E-state index in [1.807, 2.05) is 24.3 Å². The quantitative estimate of drug-likeness (QED) is 0.866. The van der Waals surface area contributed by atoms with E-state index in [2.05, 4.69) is 26.6 Å². The van der Waals surface area contributed by atoms with Crippen molar-refractivity contribution in [1.29, 1.82) is 0 Å². The van der Waals surface area contributed by atoms with Gasteiger partial charge >= 0.3 is 0 Å². The molecule has 3 nitrogen and oxygen atoms in total. The third-order valence-electron chi connectivity index (χ3n) is 3.58. The van der Waals surface area contributed by atoms with E-state index in [-0.39, 0.29) is 17.6 Å². The molecular weight excluding hydrogens is 335 g/mol. The van der Waals surface area contributed by atoms with Crippen LogP contribution in [-0.2, 0) is 11.2 Å². The van der Waals surface area contributed by atoms with Gasteiger partial charge in [-0.1, -0.05) is 18.2 Å². The van der Waals surface area contributed by atoms with Crippen LogP contribution in [0.2, 0.25) is 0 Å². The van der Waals surface area contributed by atoms with Gasteiger partial charge in [0.05, 0.1) is 11.6 Å². The number of rotatable bonds is 2. The Morgan fingerprint density at radius 2 is 2.10 bits per heavy atom. The molecule has 0 aliphatic carbocycles. The Morgan fingerprint density at radius 3 is 2.90 bits per heavy atom. The van der Waals surface area contributed by atoms with E-state index in [0.717, 1.165) is 11.3 Å². The van der Waals surface area contributed by atoms with Crippen LogP contribution in [0.4, 0.5) is 15.8 Å². The van der Waals surface area contributed by atoms with Crippen LogP contribution < -0.4 is 10.6 Å². The Bertz CT molecular complexity index is 690. The van der Waals surface area contributed by atoms with Crippen LogP contribution >= 0.6 is 15.9 Å². The summed E-state index contributed by atoms with van der Waals surface area (Å²) in [6.07, 6.45) is 0.702. The standard InChI is InChI=1S/C16H14BrFN2O/c17-13-8-12(18)5-6-15(13)20-16(21)11-7-10-3-1-2-4-14(10)19-9-11/h1-6,8,11,19H,7,9H2,(H,20,21). The lowest BCUT2D eigenvalue weighted by Crippen LogP contribution is -2.33. The van der Waals surface area contributed by atoms with Gasteiger partial charge in [0.2, 0.25) is 5.91 Å². The van der Waals surface area contributed by atoms with Gasteiger partial charge in [-0.05, 0) is 52.2 Å². The minimum Gasteiger partial charge on any atom is -0.384 e. The van der Waals surface area contributed by atoms with Crippen molar-refractivity contribution in [1.82, 2.24) is 0 Å². The molecule has 0 bridgehead atoms. The number of amides is 1. The highest BCUT2D eigenvalue weighted by Gasteiger charge is 2.24. The predicted octanol–water partition coefficient (Wildman–Crippen LogP) is 3.81. The highest BCUT2D eigenvalue weighted by Crippen LogP contribution is 2.27. The SMILES string of the molecule is O=C(Nc1ccc(F)cc1Br)C1CNc2ccccc2C1. The number of benzene rings is 2. The summed E-state index contributed by atoms with van der Waals surface area (Å²) in [6.45, 7) is 0.599. The zero-order chi connectivity index (χ0) is 14.8. The Hall–Kier alpha value is -1.88. The lowest BCUT2D eigenvalue weighted by molar-refractivity contribution is -0.119. The van der Waals surface area contributed by atoms with Gasteiger partial charge in [0.15, 0.2) is 0 Å². The number of hydrogen-bond donors (Lipinski definition) is 2. The van der Waals surface area contributed by atoms with E-state index >= 15 is 0 Å². The molecule has 0 radical (unpaired) electrons. The minimum absolute atomic E-state index is 0.0655. The molecule has 2 N–H and O–H groups in total. The topological polar surface area (TPSA) is 41.1 Å². The first-order valence-electron chi connectivity index (χ1n) is 6.71. The molecule has 1 aliphatic heterocycles. The fourth-order valence-electron chi connectivity index (χ4n) is 2.45. The van der Waals surface area contributed by atoms with E-state index in [0.29, 0.717) is 23.1 Å². The molecule has 0 aromatic heterocycles. The first kappa shape index (κ1) is 14.1. The summed E-state index contributed by atoms with van der Waals surface area (Å²) in [7, 11) is 0. The molecule has 0 saturated carbocycles. The van der Waals surface area contributed by atoms with Crippen LogP contribution in [0.15, 0.2) is 46.9 Å². The molecule has 1 amide bonds. The molecule has 0 fully saturated rings. The molecule has 1 aliphatic rings. The van der Waals surface area contributed by atoms with Gasteiger partial charge in [0, 0.05) is 16.7 Å². The molecule has 0 spiro atoms. The summed E-state index contributed by atoms with van der Waals surface area (Å²) in [4.78, 5) is 12.3. The maximum atomic E-state index is 13.1. The summed E-state index contributed by atoms with van der Waals surface area (Å²) >= 11 is 3.26. The first-order chi connectivity index (χ1) is 10.1. The van der Waals surface area contributed by atoms with Crippen LogP contribution in [0.25, 0.3) is 0 Å². The molecule has 1 unspecified atom stereocenters. The number of para-hydroxylation sites is 1. The number of anilines is 2. The molecule has 3 rings (SSSR count). The molecule has 2 aromatic carbocycles. The molecule has 0 saturated heterocycles. The molecule has 1 heterocycles. The van der Waals surface area contributed by atoms with Crippen molar-refractivity contribution in [2.24, 2.45) is 5.92 Å². The van der Waals surface area contributed by atoms with E-state index in [4.69, 9.17) is 0 Å². The molecule has 1 atom stereocenters. The van der Waals surface area contributed by atoms with E-state index in [1.54, 1.807) is 6.07 Å². The smallest absolute Gasteiger partial charge is 0.229 e. The fourth-order valence-corrected chi connectivity index (χ4v) is 2.90. The van der Waals surface area contributed by atoms with Crippen molar-refractivity contribution in [3.8, 4) is 0 Å².